The Balaban J connectivity index is 1.67. The first-order valence-corrected chi connectivity index (χ1v) is 8.76. The maximum atomic E-state index is 12.7. The van der Waals surface area contributed by atoms with E-state index in [4.69, 9.17) is 4.74 Å². The van der Waals surface area contributed by atoms with E-state index in [1.807, 2.05) is 60.4 Å². The second-order valence-electron chi connectivity index (χ2n) is 6.51. The van der Waals surface area contributed by atoms with Crippen molar-refractivity contribution in [1.29, 1.82) is 5.26 Å². The van der Waals surface area contributed by atoms with Crippen LogP contribution in [-0.2, 0) is 0 Å². The van der Waals surface area contributed by atoms with Crippen molar-refractivity contribution in [1.82, 2.24) is 9.80 Å². The molecule has 1 saturated heterocycles. The number of piperazine rings is 1. The molecule has 1 aliphatic rings. The van der Waals surface area contributed by atoms with Gasteiger partial charge in [0.05, 0.1) is 13.2 Å². The van der Waals surface area contributed by atoms with Crippen LogP contribution in [0.2, 0.25) is 0 Å². The number of methoxy groups -OCH3 is 1. The molecule has 3 rings (SSSR count). The lowest BCUT2D eigenvalue weighted by atomic mass is 10.0. The van der Waals surface area contributed by atoms with Crippen LogP contribution in [0.25, 0.3) is 0 Å². The minimum absolute atomic E-state index is 0.0586. The van der Waals surface area contributed by atoms with Gasteiger partial charge in [0.25, 0.3) is 5.91 Å². The van der Waals surface area contributed by atoms with Gasteiger partial charge in [0.1, 0.15) is 11.8 Å². The third-order valence-electron chi connectivity index (χ3n) is 4.76. The molecule has 2 aromatic carbocycles. The molecular weight excluding hydrogens is 326 g/mol. The smallest absolute Gasteiger partial charge is 0.253 e. The van der Waals surface area contributed by atoms with Crippen molar-refractivity contribution in [3.8, 4) is 11.8 Å². The molecule has 0 radical (unpaired) electrons. The molecular formula is C21H23N3O2. The minimum Gasteiger partial charge on any atom is -0.497 e. The Bertz CT molecular complexity index is 820. The summed E-state index contributed by atoms with van der Waals surface area (Å²) >= 11 is 0. The lowest BCUT2D eigenvalue weighted by molar-refractivity contribution is 0.0606. The van der Waals surface area contributed by atoms with Crippen LogP contribution in [0.4, 0.5) is 0 Å². The molecule has 0 bridgehead atoms. The lowest BCUT2D eigenvalue weighted by Crippen LogP contribution is -2.49. The number of aryl methyl sites for hydroxylation is 1. The summed E-state index contributed by atoms with van der Waals surface area (Å²) in [6.07, 6.45) is 0. The van der Waals surface area contributed by atoms with Crippen molar-refractivity contribution in [3.63, 3.8) is 0 Å². The van der Waals surface area contributed by atoms with E-state index < -0.39 is 0 Å². The average molecular weight is 349 g/mol. The van der Waals surface area contributed by atoms with Gasteiger partial charge in [-0.1, -0.05) is 29.8 Å². The number of nitrogens with zero attached hydrogens (tertiary/aromatic N) is 3. The van der Waals surface area contributed by atoms with Gasteiger partial charge >= 0.3 is 0 Å². The van der Waals surface area contributed by atoms with Gasteiger partial charge in [-0.25, -0.2) is 0 Å². The van der Waals surface area contributed by atoms with Crippen molar-refractivity contribution < 1.29 is 9.53 Å². The monoisotopic (exact) mass is 349 g/mol. The highest BCUT2D eigenvalue weighted by Gasteiger charge is 2.27. The van der Waals surface area contributed by atoms with E-state index in [1.165, 1.54) is 0 Å². The van der Waals surface area contributed by atoms with Crippen LogP contribution in [0, 0.1) is 18.3 Å². The fourth-order valence-electron chi connectivity index (χ4n) is 3.32. The van der Waals surface area contributed by atoms with E-state index in [2.05, 4.69) is 11.0 Å². The number of carbonyl (C=O) groups is 1. The van der Waals surface area contributed by atoms with Crippen molar-refractivity contribution in [2.24, 2.45) is 0 Å². The van der Waals surface area contributed by atoms with Gasteiger partial charge in [0, 0.05) is 31.7 Å². The van der Waals surface area contributed by atoms with Crippen LogP contribution in [0.15, 0.2) is 48.5 Å². The fourth-order valence-corrected chi connectivity index (χ4v) is 3.32. The topological polar surface area (TPSA) is 56.6 Å². The summed E-state index contributed by atoms with van der Waals surface area (Å²) in [5.41, 5.74) is 2.73. The number of nitriles is 1. The molecule has 0 saturated carbocycles. The second-order valence-corrected chi connectivity index (χ2v) is 6.51. The molecule has 1 fully saturated rings. The first-order chi connectivity index (χ1) is 12.6. The van der Waals surface area contributed by atoms with Crippen LogP contribution in [0.1, 0.15) is 27.5 Å². The van der Waals surface area contributed by atoms with E-state index >= 15 is 0 Å². The minimum atomic E-state index is -0.332. The molecule has 134 valence electrons. The van der Waals surface area contributed by atoms with Gasteiger partial charge in [-0.05, 0) is 36.8 Å². The molecule has 1 aliphatic heterocycles. The van der Waals surface area contributed by atoms with Gasteiger partial charge in [0.15, 0.2) is 0 Å². The highest BCUT2D eigenvalue weighted by atomic mass is 16.5. The maximum Gasteiger partial charge on any atom is 0.253 e. The fraction of sp³-hybridized carbons (Fsp3) is 0.333. The summed E-state index contributed by atoms with van der Waals surface area (Å²) in [6, 6.07) is 17.3. The van der Waals surface area contributed by atoms with E-state index in [1.54, 1.807) is 7.11 Å². The number of carbonyl (C=O) groups excluding carboxylic acids is 1. The van der Waals surface area contributed by atoms with Gasteiger partial charge in [-0.3, -0.25) is 9.69 Å². The number of amides is 1. The molecule has 1 heterocycles. The number of rotatable bonds is 4. The number of hydrogen-bond donors (Lipinski definition) is 0. The molecule has 0 aliphatic carbocycles. The van der Waals surface area contributed by atoms with Gasteiger partial charge in [-0.2, -0.15) is 5.26 Å². The molecule has 0 aromatic heterocycles. The number of ether oxygens (including phenoxy) is 1. The summed E-state index contributed by atoms with van der Waals surface area (Å²) in [7, 11) is 1.62. The van der Waals surface area contributed by atoms with Crippen molar-refractivity contribution in [3.05, 3.63) is 65.2 Å². The van der Waals surface area contributed by atoms with E-state index in [9.17, 15) is 10.1 Å². The highest BCUT2D eigenvalue weighted by Crippen LogP contribution is 2.25. The molecule has 1 amide bonds. The highest BCUT2D eigenvalue weighted by molar-refractivity contribution is 5.94. The van der Waals surface area contributed by atoms with E-state index in [0.717, 1.165) is 22.4 Å². The molecule has 1 atom stereocenters. The Morgan fingerprint density at radius 1 is 1.12 bits per heavy atom. The molecule has 26 heavy (non-hydrogen) atoms. The summed E-state index contributed by atoms with van der Waals surface area (Å²) < 4.78 is 5.26. The summed E-state index contributed by atoms with van der Waals surface area (Å²) in [5, 5.41) is 9.67. The lowest BCUT2D eigenvalue weighted by Gasteiger charge is -2.37. The summed E-state index contributed by atoms with van der Waals surface area (Å²) in [4.78, 5) is 16.7. The Labute approximate surface area is 154 Å². The maximum absolute atomic E-state index is 12.7. The van der Waals surface area contributed by atoms with Crippen LogP contribution in [0.5, 0.6) is 5.75 Å². The zero-order valence-electron chi connectivity index (χ0n) is 15.2. The quantitative estimate of drug-likeness (QED) is 0.851. The SMILES string of the molecule is COc1cccc(C(C#N)N2CCN(C(=O)c3cccc(C)c3)CC2)c1. The van der Waals surface area contributed by atoms with Gasteiger partial charge < -0.3 is 9.64 Å². The Hall–Kier alpha value is -2.84. The van der Waals surface area contributed by atoms with E-state index in [-0.39, 0.29) is 11.9 Å². The number of benzene rings is 2. The molecule has 5 nitrogen and oxygen atoms in total. The molecule has 0 N–H and O–H groups in total. The average Bonchev–Trinajstić information content (AvgIpc) is 2.69. The Kier molecular flexibility index (Phi) is 5.55. The zero-order valence-corrected chi connectivity index (χ0v) is 15.2. The largest absolute Gasteiger partial charge is 0.497 e. The van der Waals surface area contributed by atoms with Crippen LogP contribution >= 0.6 is 0 Å². The first kappa shape index (κ1) is 18.0. The van der Waals surface area contributed by atoms with Crippen molar-refractivity contribution in [2.45, 2.75) is 13.0 Å². The van der Waals surface area contributed by atoms with Gasteiger partial charge in [-0.15, -0.1) is 0 Å². The normalized spacial score (nSPS) is 16.0. The second kappa shape index (κ2) is 8.03. The summed E-state index contributed by atoms with van der Waals surface area (Å²) in [5.74, 6) is 0.805. The van der Waals surface area contributed by atoms with Crippen LogP contribution in [0.3, 0.4) is 0 Å². The van der Waals surface area contributed by atoms with Crippen molar-refractivity contribution in [2.75, 3.05) is 33.3 Å². The predicted octanol–water partition coefficient (Wildman–Crippen LogP) is 3.03. The molecule has 2 aromatic rings. The van der Waals surface area contributed by atoms with E-state index in [0.29, 0.717) is 26.2 Å². The Morgan fingerprint density at radius 2 is 1.85 bits per heavy atom. The molecule has 5 heteroatoms. The Morgan fingerprint density at radius 3 is 2.50 bits per heavy atom. The predicted molar refractivity (Wildman–Crippen MR) is 100 cm³/mol. The standard InChI is InChI=1S/C21H23N3O2/c1-16-5-3-7-18(13-16)21(25)24-11-9-23(10-12-24)20(15-22)17-6-4-8-19(14-17)26-2/h3-8,13-14,20H,9-12H2,1-2H3. The number of hydrogen-bond acceptors (Lipinski definition) is 4. The third-order valence-corrected chi connectivity index (χ3v) is 4.76. The summed E-state index contributed by atoms with van der Waals surface area (Å²) in [6.45, 7) is 4.57. The van der Waals surface area contributed by atoms with Crippen LogP contribution < -0.4 is 4.74 Å². The molecule has 0 spiro atoms. The molecule has 1 unspecified atom stereocenters. The first-order valence-electron chi connectivity index (χ1n) is 8.76. The van der Waals surface area contributed by atoms with Crippen LogP contribution in [-0.4, -0.2) is 49.0 Å². The zero-order chi connectivity index (χ0) is 18.5. The van der Waals surface area contributed by atoms with Gasteiger partial charge in [0.2, 0.25) is 0 Å². The third kappa shape index (κ3) is 3.87. The van der Waals surface area contributed by atoms with Crippen molar-refractivity contribution >= 4 is 5.91 Å².